The molecule has 0 spiro atoms. The minimum atomic E-state index is -0.408. The summed E-state index contributed by atoms with van der Waals surface area (Å²) in [6.45, 7) is 1.97. The van der Waals surface area contributed by atoms with Crippen molar-refractivity contribution in [2.24, 2.45) is 16.8 Å². The van der Waals surface area contributed by atoms with Crippen LogP contribution in [0, 0.1) is 5.92 Å². The number of amidine groups is 1. The molecule has 7 nitrogen and oxygen atoms in total. The van der Waals surface area contributed by atoms with E-state index in [2.05, 4.69) is 10.1 Å². The smallest absolute Gasteiger partial charge is 0.259 e. The van der Waals surface area contributed by atoms with Crippen molar-refractivity contribution in [1.82, 2.24) is 9.88 Å². The fraction of sp³-hybridized carbons (Fsp3) is 0.364. The number of hydrogen-bond donors (Lipinski definition) is 3. The molecule has 1 rings (SSSR count). The molecule has 0 radical (unpaired) electrons. The lowest BCUT2D eigenvalue weighted by Gasteiger charge is -2.20. The summed E-state index contributed by atoms with van der Waals surface area (Å²) in [5, 5.41) is 11.4. The van der Waals surface area contributed by atoms with Crippen LogP contribution in [-0.4, -0.2) is 40.4 Å². The van der Waals surface area contributed by atoms with Gasteiger partial charge in [-0.1, -0.05) is 12.1 Å². The number of aromatic amines is 1. The Morgan fingerprint density at radius 2 is 2.33 bits per heavy atom. The van der Waals surface area contributed by atoms with Crippen molar-refractivity contribution < 1.29 is 10.0 Å². The van der Waals surface area contributed by atoms with Crippen molar-refractivity contribution in [2.75, 3.05) is 13.6 Å². The Hall–Kier alpha value is -2.31. The number of carbonyl (C=O) groups excluding carboxylic acids is 1. The highest BCUT2D eigenvalue weighted by Crippen LogP contribution is 2.02. The molecular weight excluding hydrogens is 236 g/mol. The Bertz CT molecular complexity index is 509. The summed E-state index contributed by atoms with van der Waals surface area (Å²) in [4.78, 5) is 27.5. The molecule has 1 amide bonds. The summed E-state index contributed by atoms with van der Waals surface area (Å²) in [6.07, 6.45) is 2.81. The van der Waals surface area contributed by atoms with Crippen LogP contribution >= 0.6 is 0 Å². The largest absolute Gasteiger partial charge is 0.409 e. The maximum absolute atomic E-state index is 12.0. The number of nitrogens with one attached hydrogen (secondary N) is 1. The maximum atomic E-state index is 12.0. The number of aromatic nitrogens is 1. The van der Waals surface area contributed by atoms with Gasteiger partial charge in [0.2, 0.25) is 0 Å². The molecule has 0 saturated carbocycles. The average Bonchev–Trinajstić information content (AvgIpc) is 2.37. The van der Waals surface area contributed by atoms with E-state index in [0.717, 1.165) is 0 Å². The molecule has 0 aliphatic carbocycles. The molecule has 98 valence electrons. The van der Waals surface area contributed by atoms with Crippen molar-refractivity contribution in [3.63, 3.8) is 0 Å². The van der Waals surface area contributed by atoms with Crippen LogP contribution in [0.4, 0.5) is 0 Å². The van der Waals surface area contributed by atoms with E-state index in [4.69, 9.17) is 10.9 Å². The molecule has 0 aliphatic heterocycles. The predicted octanol–water partition coefficient (Wildman–Crippen LogP) is -0.171. The number of pyridine rings is 1. The fourth-order valence-electron chi connectivity index (χ4n) is 1.47. The van der Waals surface area contributed by atoms with Gasteiger partial charge in [-0.15, -0.1) is 0 Å². The minimum Gasteiger partial charge on any atom is -0.409 e. The normalized spacial score (nSPS) is 13.1. The zero-order chi connectivity index (χ0) is 13.7. The summed E-state index contributed by atoms with van der Waals surface area (Å²) >= 11 is 0. The van der Waals surface area contributed by atoms with Gasteiger partial charge in [0.25, 0.3) is 5.91 Å². The van der Waals surface area contributed by atoms with E-state index in [9.17, 15) is 9.59 Å². The fourth-order valence-corrected chi connectivity index (χ4v) is 1.47. The lowest BCUT2D eigenvalue weighted by molar-refractivity contribution is 0.0784. The number of rotatable bonds is 4. The van der Waals surface area contributed by atoms with E-state index < -0.39 is 5.91 Å². The topological polar surface area (TPSA) is 112 Å². The number of nitrogens with two attached hydrogens (primary N) is 1. The molecule has 0 aliphatic rings. The monoisotopic (exact) mass is 252 g/mol. The summed E-state index contributed by atoms with van der Waals surface area (Å²) in [5.74, 6) is -0.669. The lowest BCUT2D eigenvalue weighted by Crippen LogP contribution is -2.37. The number of H-pyrrole nitrogens is 1. The maximum Gasteiger partial charge on any atom is 0.259 e. The molecule has 1 unspecified atom stereocenters. The number of nitrogens with zero attached hydrogens (tertiary/aromatic N) is 2. The van der Waals surface area contributed by atoms with Crippen molar-refractivity contribution >= 4 is 11.7 Å². The van der Waals surface area contributed by atoms with Crippen LogP contribution in [0.5, 0.6) is 0 Å². The van der Waals surface area contributed by atoms with E-state index in [0.29, 0.717) is 0 Å². The Labute approximate surface area is 104 Å². The zero-order valence-corrected chi connectivity index (χ0v) is 10.3. The minimum absolute atomic E-state index is 0.0385. The van der Waals surface area contributed by atoms with Gasteiger partial charge in [0.15, 0.2) is 5.43 Å². The number of hydrogen-bond acceptors (Lipinski definition) is 4. The van der Waals surface area contributed by atoms with Gasteiger partial charge in [0, 0.05) is 38.0 Å². The predicted molar refractivity (Wildman–Crippen MR) is 66.6 cm³/mol. The van der Waals surface area contributed by atoms with Crippen LogP contribution in [0.3, 0.4) is 0 Å². The molecule has 4 N–H and O–H groups in total. The summed E-state index contributed by atoms with van der Waals surface area (Å²) in [5.41, 5.74) is 5.14. The van der Waals surface area contributed by atoms with E-state index in [1.165, 1.54) is 23.4 Å². The molecule has 0 bridgehead atoms. The Balaban J connectivity index is 2.80. The van der Waals surface area contributed by atoms with E-state index in [1.807, 2.05) is 0 Å². The highest BCUT2D eigenvalue weighted by Gasteiger charge is 2.18. The van der Waals surface area contributed by atoms with Gasteiger partial charge in [-0.05, 0) is 0 Å². The van der Waals surface area contributed by atoms with Crippen LogP contribution < -0.4 is 11.2 Å². The Morgan fingerprint density at radius 1 is 1.67 bits per heavy atom. The van der Waals surface area contributed by atoms with Gasteiger partial charge in [-0.2, -0.15) is 0 Å². The lowest BCUT2D eigenvalue weighted by atomic mass is 10.1. The number of amides is 1. The third-order valence-electron chi connectivity index (χ3n) is 2.57. The van der Waals surface area contributed by atoms with Crippen molar-refractivity contribution in [3.05, 3.63) is 34.2 Å². The first-order valence-electron chi connectivity index (χ1n) is 5.37. The third kappa shape index (κ3) is 3.09. The van der Waals surface area contributed by atoms with Crippen molar-refractivity contribution in [2.45, 2.75) is 6.92 Å². The molecule has 1 heterocycles. The molecule has 1 aromatic heterocycles. The highest BCUT2D eigenvalue weighted by atomic mass is 16.4. The van der Waals surface area contributed by atoms with Gasteiger partial charge >= 0.3 is 0 Å². The van der Waals surface area contributed by atoms with Crippen molar-refractivity contribution in [3.8, 4) is 0 Å². The van der Waals surface area contributed by atoms with Crippen LogP contribution in [0.15, 0.2) is 28.4 Å². The van der Waals surface area contributed by atoms with Gasteiger partial charge in [-0.3, -0.25) is 9.59 Å². The Morgan fingerprint density at radius 3 is 2.89 bits per heavy atom. The summed E-state index contributed by atoms with van der Waals surface area (Å²) in [6, 6.07) is 1.29. The van der Waals surface area contributed by atoms with Crippen molar-refractivity contribution in [1.29, 1.82) is 0 Å². The van der Waals surface area contributed by atoms with Gasteiger partial charge < -0.3 is 20.8 Å². The first kappa shape index (κ1) is 13.8. The van der Waals surface area contributed by atoms with Crippen LogP contribution in [0.25, 0.3) is 0 Å². The second-order valence-corrected chi connectivity index (χ2v) is 4.03. The standard InChI is InChI=1S/C11H16N4O3/c1-7(10(12)14-18)6-15(2)11(17)8-5-13-4-3-9(8)16/h3-5,7,18H,6H2,1-2H3,(H2,12,14)(H,13,16). The van der Waals surface area contributed by atoms with E-state index in [-0.39, 0.29) is 29.3 Å². The Kier molecular flexibility index (Phi) is 4.47. The molecular formula is C11H16N4O3. The molecule has 0 aromatic carbocycles. The highest BCUT2D eigenvalue weighted by molar-refractivity contribution is 5.94. The second-order valence-electron chi connectivity index (χ2n) is 4.03. The van der Waals surface area contributed by atoms with Gasteiger partial charge in [-0.25, -0.2) is 0 Å². The number of carbonyl (C=O) groups is 1. The average molecular weight is 252 g/mol. The summed E-state index contributed by atoms with van der Waals surface area (Å²) < 4.78 is 0. The van der Waals surface area contributed by atoms with Crippen LogP contribution in [-0.2, 0) is 0 Å². The third-order valence-corrected chi connectivity index (χ3v) is 2.57. The molecule has 18 heavy (non-hydrogen) atoms. The summed E-state index contributed by atoms with van der Waals surface area (Å²) in [7, 11) is 1.55. The van der Waals surface area contributed by atoms with Gasteiger partial charge in [0.1, 0.15) is 11.4 Å². The van der Waals surface area contributed by atoms with E-state index in [1.54, 1.807) is 14.0 Å². The SMILES string of the molecule is CC(CN(C)C(=O)c1c[nH]ccc1=O)/C(N)=N/O. The molecule has 1 aromatic rings. The van der Waals surface area contributed by atoms with Crippen LogP contribution in [0.1, 0.15) is 17.3 Å². The quantitative estimate of drug-likeness (QED) is 0.299. The molecule has 7 heteroatoms. The molecule has 1 atom stereocenters. The second kappa shape index (κ2) is 5.85. The number of oxime groups is 1. The van der Waals surface area contributed by atoms with E-state index >= 15 is 0 Å². The zero-order valence-electron chi connectivity index (χ0n) is 10.3. The van der Waals surface area contributed by atoms with Crippen LogP contribution in [0.2, 0.25) is 0 Å². The molecule has 0 saturated heterocycles. The molecule has 0 fully saturated rings. The first-order chi connectivity index (χ1) is 8.47. The van der Waals surface area contributed by atoms with Gasteiger partial charge in [0.05, 0.1) is 0 Å². The first-order valence-corrected chi connectivity index (χ1v) is 5.37.